The van der Waals surface area contributed by atoms with Crippen LogP contribution in [0.15, 0.2) is 119 Å². The molecule has 0 fully saturated rings. The standard InChI is InChI=1S/C33H27N3O5S/c1-22-10-17-28(18-11-22)42(39,40)36-27-15-12-25(13-16-27)32(37)35-34-21-30-29-9-4-3-7-24(29)14-19-31(30)41-33(38)26-8-5-6-23(2)20-26/h3-21,36H,1-2H3,(H,35,37)/b34-21-. The van der Waals surface area contributed by atoms with E-state index in [0.29, 0.717) is 22.6 Å². The second-order valence-electron chi connectivity index (χ2n) is 9.65. The van der Waals surface area contributed by atoms with E-state index < -0.39 is 21.9 Å². The maximum atomic E-state index is 12.9. The monoisotopic (exact) mass is 577 g/mol. The molecule has 0 spiro atoms. The van der Waals surface area contributed by atoms with Crippen LogP contribution in [0.1, 0.15) is 37.4 Å². The minimum Gasteiger partial charge on any atom is -0.422 e. The first kappa shape index (κ1) is 28.3. The van der Waals surface area contributed by atoms with Crippen molar-refractivity contribution < 1.29 is 22.7 Å². The average Bonchev–Trinajstić information content (AvgIpc) is 2.98. The van der Waals surface area contributed by atoms with E-state index in [1.165, 1.54) is 42.6 Å². The van der Waals surface area contributed by atoms with Crippen molar-refractivity contribution >= 4 is 44.6 Å². The number of aryl methyl sites for hydroxylation is 2. The molecule has 0 unspecified atom stereocenters. The average molecular weight is 578 g/mol. The third-order valence-corrected chi connectivity index (χ3v) is 7.87. The topological polar surface area (TPSA) is 114 Å². The lowest BCUT2D eigenvalue weighted by molar-refractivity contribution is 0.0734. The van der Waals surface area contributed by atoms with Gasteiger partial charge in [-0.2, -0.15) is 5.10 Å². The van der Waals surface area contributed by atoms with Crippen molar-refractivity contribution in [3.8, 4) is 5.75 Å². The number of anilines is 1. The number of nitrogens with zero attached hydrogens (tertiary/aromatic N) is 1. The summed E-state index contributed by atoms with van der Waals surface area (Å²) in [5.74, 6) is -0.716. The van der Waals surface area contributed by atoms with Crippen LogP contribution < -0.4 is 14.9 Å². The van der Waals surface area contributed by atoms with E-state index in [4.69, 9.17) is 4.74 Å². The highest BCUT2D eigenvalue weighted by Gasteiger charge is 2.16. The van der Waals surface area contributed by atoms with Gasteiger partial charge in [-0.25, -0.2) is 18.6 Å². The molecule has 0 bridgehead atoms. The fourth-order valence-corrected chi connectivity index (χ4v) is 5.33. The van der Waals surface area contributed by atoms with E-state index in [0.717, 1.165) is 21.9 Å². The molecule has 0 atom stereocenters. The summed E-state index contributed by atoms with van der Waals surface area (Å²) in [7, 11) is -3.77. The zero-order valence-corrected chi connectivity index (χ0v) is 23.7. The normalized spacial score (nSPS) is 11.4. The van der Waals surface area contributed by atoms with Crippen molar-refractivity contribution in [3.05, 3.63) is 137 Å². The Balaban J connectivity index is 1.31. The number of sulfonamides is 1. The number of carbonyl (C=O) groups is 2. The zero-order chi connectivity index (χ0) is 29.7. The van der Waals surface area contributed by atoms with Crippen LogP contribution in [0.2, 0.25) is 0 Å². The quantitative estimate of drug-likeness (QED) is 0.0981. The van der Waals surface area contributed by atoms with Gasteiger partial charge in [-0.05, 0) is 79.2 Å². The molecule has 8 nitrogen and oxygen atoms in total. The van der Waals surface area contributed by atoms with Gasteiger partial charge in [0.1, 0.15) is 5.75 Å². The predicted octanol–water partition coefficient (Wildman–Crippen LogP) is 6.24. The predicted molar refractivity (Wildman–Crippen MR) is 164 cm³/mol. The molecule has 0 heterocycles. The Morgan fingerprint density at radius 1 is 0.762 bits per heavy atom. The molecule has 210 valence electrons. The van der Waals surface area contributed by atoms with Gasteiger partial charge >= 0.3 is 5.97 Å². The SMILES string of the molecule is Cc1ccc(S(=O)(=O)Nc2ccc(C(=O)N/N=C\c3c(OC(=O)c4cccc(C)c4)ccc4ccccc34)cc2)cc1. The largest absolute Gasteiger partial charge is 0.422 e. The first-order valence-electron chi connectivity index (χ1n) is 13.0. The van der Waals surface area contributed by atoms with Crippen molar-refractivity contribution in [3.63, 3.8) is 0 Å². The lowest BCUT2D eigenvalue weighted by Gasteiger charge is -2.11. The molecule has 0 aliphatic carbocycles. The molecule has 2 N–H and O–H groups in total. The van der Waals surface area contributed by atoms with Crippen LogP contribution in [-0.2, 0) is 10.0 Å². The van der Waals surface area contributed by atoms with Gasteiger partial charge in [0.15, 0.2) is 0 Å². The fraction of sp³-hybridized carbons (Fsp3) is 0.0606. The number of rotatable bonds is 8. The van der Waals surface area contributed by atoms with Crippen LogP contribution >= 0.6 is 0 Å². The second kappa shape index (κ2) is 12.1. The number of hydrazone groups is 1. The van der Waals surface area contributed by atoms with Gasteiger partial charge in [0.25, 0.3) is 15.9 Å². The third-order valence-electron chi connectivity index (χ3n) is 6.48. The minimum absolute atomic E-state index is 0.140. The Labute approximate surface area is 243 Å². The number of amides is 1. The molecule has 5 rings (SSSR count). The maximum Gasteiger partial charge on any atom is 0.343 e. The third kappa shape index (κ3) is 6.54. The number of hydrogen-bond acceptors (Lipinski definition) is 6. The summed E-state index contributed by atoms with van der Waals surface area (Å²) in [4.78, 5) is 25.8. The van der Waals surface area contributed by atoms with Crippen molar-refractivity contribution in [1.29, 1.82) is 0 Å². The smallest absolute Gasteiger partial charge is 0.343 e. The highest BCUT2D eigenvalue weighted by Crippen LogP contribution is 2.27. The molecule has 5 aromatic rings. The lowest BCUT2D eigenvalue weighted by Crippen LogP contribution is -2.18. The molecular formula is C33H27N3O5S. The zero-order valence-electron chi connectivity index (χ0n) is 22.9. The van der Waals surface area contributed by atoms with E-state index in [-0.39, 0.29) is 10.5 Å². The Morgan fingerprint density at radius 2 is 1.50 bits per heavy atom. The van der Waals surface area contributed by atoms with E-state index in [9.17, 15) is 18.0 Å². The lowest BCUT2D eigenvalue weighted by atomic mass is 10.0. The van der Waals surface area contributed by atoms with Gasteiger partial charge in [0.05, 0.1) is 16.7 Å². The summed E-state index contributed by atoms with van der Waals surface area (Å²) < 4.78 is 33.5. The first-order valence-corrected chi connectivity index (χ1v) is 14.5. The van der Waals surface area contributed by atoms with Crippen LogP contribution in [0.4, 0.5) is 5.69 Å². The number of nitrogens with one attached hydrogen (secondary N) is 2. The molecule has 0 aliphatic rings. The second-order valence-corrected chi connectivity index (χ2v) is 11.3. The van der Waals surface area contributed by atoms with Crippen LogP contribution in [0.25, 0.3) is 10.8 Å². The van der Waals surface area contributed by atoms with E-state index in [2.05, 4.69) is 15.2 Å². The van der Waals surface area contributed by atoms with E-state index in [1.54, 1.807) is 36.4 Å². The fourth-order valence-electron chi connectivity index (χ4n) is 4.27. The van der Waals surface area contributed by atoms with Crippen LogP contribution in [0, 0.1) is 13.8 Å². The molecule has 1 amide bonds. The van der Waals surface area contributed by atoms with Crippen molar-refractivity contribution in [2.45, 2.75) is 18.7 Å². The number of benzene rings is 5. The van der Waals surface area contributed by atoms with E-state index >= 15 is 0 Å². The highest BCUT2D eigenvalue weighted by atomic mass is 32.2. The number of ether oxygens (including phenoxy) is 1. The summed E-state index contributed by atoms with van der Waals surface area (Å²) in [6, 6.07) is 30.7. The Morgan fingerprint density at radius 3 is 2.24 bits per heavy atom. The molecule has 42 heavy (non-hydrogen) atoms. The van der Waals surface area contributed by atoms with Gasteiger partial charge in [-0.3, -0.25) is 9.52 Å². The minimum atomic E-state index is -3.77. The van der Waals surface area contributed by atoms with Gasteiger partial charge in [0, 0.05) is 16.8 Å². The number of fused-ring (bicyclic) bond motifs is 1. The Bertz CT molecular complexity index is 1920. The number of esters is 1. The summed E-state index contributed by atoms with van der Waals surface area (Å²) in [5, 5.41) is 5.82. The van der Waals surface area contributed by atoms with Crippen molar-refractivity contribution in [2.24, 2.45) is 5.10 Å². The van der Waals surface area contributed by atoms with Crippen LogP contribution in [-0.4, -0.2) is 26.5 Å². The number of hydrogen-bond donors (Lipinski definition) is 2. The van der Waals surface area contributed by atoms with Crippen LogP contribution in [0.3, 0.4) is 0 Å². The summed E-state index contributed by atoms with van der Waals surface area (Å²) in [6.45, 7) is 3.77. The number of carbonyl (C=O) groups excluding carboxylic acids is 2. The molecule has 0 saturated carbocycles. The van der Waals surface area contributed by atoms with Gasteiger partial charge in [0.2, 0.25) is 0 Å². The Hall–Kier alpha value is -5.28. The van der Waals surface area contributed by atoms with Gasteiger partial charge in [-0.15, -0.1) is 0 Å². The molecule has 0 radical (unpaired) electrons. The molecule has 9 heteroatoms. The van der Waals surface area contributed by atoms with Crippen molar-refractivity contribution in [1.82, 2.24) is 5.43 Å². The Kier molecular flexibility index (Phi) is 8.12. The summed E-state index contributed by atoms with van der Waals surface area (Å²) in [5.41, 5.74) is 5.90. The molecule has 0 saturated heterocycles. The van der Waals surface area contributed by atoms with Gasteiger partial charge < -0.3 is 4.74 Å². The van der Waals surface area contributed by atoms with E-state index in [1.807, 2.05) is 50.2 Å². The summed E-state index contributed by atoms with van der Waals surface area (Å²) in [6.07, 6.45) is 1.43. The molecule has 5 aromatic carbocycles. The highest BCUT2D eigenvalue weighted by molar-refractivity contribution is 7.92. The molecule has 0 aromatic heterocycles. The first-order chi connectivity index (χ1) is 20.2. The van der Waals surface area contributed by atoms with Gasteiger partial charge in [-0.1, -0.05) is 65.7 Å². The molecule has 0 aliphatic heterocycles. The molecular weight excluding hydrogens is 550 g/mol. The maximum absolute atomic E-state index is 12.9. The summed E-state index contributed by atoms with van der Waals surface area (Å²) >= 11 is 0. The van der Waals surface area contributed by atoms with Crippen molar-refractivity contribution in [2.75, 3.05) is 4.72 Å². The van der Waals surface area contributed by atoms with Crippen LogP contribution in [0.5, 0.6) is 5.75 Å².